The van der Waals surface area contributed by atoms with Crippen LogP contribution in [0.2, 0.25) is 0 Å². The van der Waals surface area contributed by atoms with E-state index >= 15 is 0 Å². The fourth-order valence-electron chi connectivity index (χ4n) is 4.32. The molecule has 0 fully saturated rings. The Bertz CT molecular complexity index is 1210. The number of nitrogens with one attached hydrogen (secondary N) is 1. The number of fused-ring (bicyclic) bond motifs is 1. The van der Waals surface area contributed by atoms with Crippen LogP contribution in [0.5, 0.6) is 11.5 Å². The minimum Gasteiger partial charge on any atom is -0.506 e. The summed E-state index contributed by atoms with van der Waals surface area (Å²) in [6.45, 7) is 12.3. The van der Waals surface area contributed by atoms with Crippen LogP contribution in [0.3, 0.4) is 0 Å². The molecule has 3 aromatic rings. The number of phenolic OH excluding ortho intramolecular Hbond substituents is 1. The molecular formula is C27H27IN2O3. The van der Waals surface area contributed by atoms with Gasteiger partial charge in [-0.15, -0.1) is 0 Å². The highest BCUT2D eigenvalue weighted by Crippen LogP contribution is 2.45. The molecule has 0 aromatic heterocycles. The third kappa shape index (κ3) is 4.53. The first-order valence-electron chi connectivity index (χ1n) is 10.7. The van der Waals surface area contributed by atoms with Crippen molar-refractivity contribution in [1.82, 2.24) is 4.90 Å². The van der Waals surface area contributed by atoms with Gasteiger partial charge in [-0.05, 0) is 35.2 Å². The van der Waals surface area contributed by atoms with Crippen LogP contribution in [-0.2, 0) is 22.8 Å². The number of aromatic hydroxyl groups is 1. The number of anilines is 1. The molecule has 2 N–H and O–H groups in total. The van der Waals surface area contributed by atoms with Gasteiger partial charge in [0.2, 0.25) is 0 Å². The molecule has 0 aliphatic carbocycles. The Balaban J connectivity index is 1.69. The Hall–Kier alpha value is -3.13. The third-order valence-corrected chi connectivity index (χ3v) is 6.51. The van der Waals surface area contributed by atoms with Gasteiger partial charge in [-0.1, -0.05) is 61.7 Å². The predicted molar refractivity (Wildman–Crippen MR) is 142 cm³/mol. The molecule has 6 heteroatoms. The van der Waals surface area contributed by atoms with E-state index in [2.05, 4.69) is 29.4 Å². The summed E-state index contributed by atoms with van der Waals surface area (Å²) in [5.74, 6) is 1.39. The van der Waals surface area contributed by atoms with Gasteiger partial charge in [0.05, 0.1) is 0 Å². The summed E-state index contributed by atoms with van der Waals surface area (Å²) in [5, 5.41) is 13.7. The van der Waals surface area contributed by atoms with Gasteiger partial charge in [0.15, 0.2) is 28.8 Å². The molecule has 1 aliphatic heterocycles. The topological polar surface area (TPSA) is 54.0 Å². The average Bonchev–Trinajstić information content (AvgIpc) is 3.27. The van der Waals surface area contributed by atoms with Crippen molar-refractivity contribution in [3.63, 3.8) is 0 Å². The van der Waals surface area contributed by atoms with Crippen LogP contribution in [0, 0.1) is 6.92 Å². The summed E-state index contributed by atoms with van der Waals surface area (Å²) in [4.78, 5) is 2.23. The molecule has 0 unspecified atom stereocenters. The zero-order valence-corrected chi connectivity index (χ0v) is 21.0. The van der Waals surface area contributed by atoms with Gasteiger partial charge in [-0.2, -0.15) is 0 Å². The summed E-state index contributed by atoms with van der Waals surface area (Å²) >= 11 is 1.87. The third-order valence-electron chi connectivity index (χ3n) is 5.98. The molecule has 1 aliphatic rings. The Morgan fingerprint density at radius 2 is 1.88 bits per heavy atom. The molecular weight excluding hydrogens is 527 g/mol. The molecule has 0 atom stereocenters. The zero-order chi connectivity index (χ0) is 23.5. The van der Waals surface area contributed by atoms with Crippen molar-refractivity contribution in [3.05, 3.63) is 101 Å². The van der Waals surface area contributed by atoms with Crippen molar-refractivity contribution < 1.29 is 12.9 Å². The van der Waals surface area contributed by atoms with E-state index in [1.54, 1.807) is 13.1 Å². The van der Waals surface area contributed by atoms with Crippen LogP contribution in [0.25, 0.3) is 11.5 Å². The van der Waals surface area contributed by atoms with Crippen LogP contribution < -0.4 is 10.1 Å². The van der Waals surface area contributed by atoms with Crippen molar-refractivity contribution in [2.45, 2.75) is 26.6 Å². The molecule has 0 bridgehead atoms. The molecule has 0 radical (unpaired) electrons. The minimum atomic E-state index is 0.150. The predicted octanol–water partition coefficient (Wildman–Crippen LogP) is 6.65. The maximum Gasteiger partial charge on any atom is 0.192 e. The lowest BCUT2D eigenvalue weighted by molar-refractivity contribution is 0.303. The lowest BCUT2D eigenvalue weighted by Gasteiger charge is -2.26. The van der Waals surface area contributed by atoms with Crippen LogP contribution in [0.4, 0.5) is 5.69 Å². The molecule has 0 saturated heterocycles. The number of rotatable bonds is 8. The van der Waals surface area contributed by atoms with E-state index in [-0.39, 0.29) is 5.75 Å². The van der Waals surface area contributed by atoms with Gasteiger partial charge in [-0.25, -0.2) is 0 Å². The van der Waals surface area contributed by atoms with Crippen LogP contribution >= 0.6 is 23.0 Å². The zero-order valence-electron chi connectivity index (χ0n) is 18.8. The van der Waals surface area contributed by atoms with Gasteiger partial charge in [0, 0.05) is 37.0 Å². The van der Waals surface area contributed by atoms with Crippen molar-refractivity contribution in [1.29, 1.82) is 0 Å². The highest BCUT2D eigenvalue weighted by Gasteiger charge is 2.28. The fraction of sp³-hybridized carbons (Fsp3) is 0.185. The number of benzene rings is 3. The molecule has 170 valence electrons. The van der Waals surface area contributed by atoms with Crippen LogP contribution in [0.15, 0.2) is 67.8 Å². The first-order valence-corrected chi connectivity index (χ1v) is 11.6. The number of phenols is 1. The summed E-state index contributed by atoms with van der Waals surface area (Å²) in [5.41, 5.74) is 7.65. The Morgan fingerprint density at radius 1 is 1.12 bits per heavy atom. The second-order valence-electron chi connectivity index (χ2n) is 8.06. The monoisotopic (exact) mass is 554 g/mol. The molecule has 0 spiro atoms. The minimum absolute atomic E-state index is 0.150. The summed E-state index contributed by atoms with van der Waals surface area (Å²) in [6, 6.07) is 17.9. The Morgan fingerprint density at radius 3 is 2.58 bits per heavy atom. The molecule has 1 heterocycles. The highest BCUT2D eigenvalue weighted by molar-refractivity contribution is 14.1. The van der Waals surface area contributed by atoms with E-state index in [0.717, 1.165) is 34.5 Å². The average molecular weight is 554 g/mol. The maximum atomic E-state index is 10.6. The van der Waals surface area contributed by atoms with E-state index < -0.39 is 0 Å². The first-order chi connectivity index (χ1) is 15.9. The van der Waals surface area contributed by atoms with Gasteiger partial charge >= 0.3 is 0 Å². The number of hydrogen-bond acceptors (Lipinski definition) is 5. The fourth-order valence-corrected chi connectivity index (χ4v) is 4.56. The molecule has 5 nitrogen and oxygen atoms in total. The van der Waals surface area contributed by atoms with E-state index in [9.17, 15) is 5.11 Å². The standard InChI is InChI=1S/C27H27IN2O3/c1-17-13-24(31)26(29-4)27(32-16-20-9-6-5-7-10-20)25(17)18(2)30-14-21-11-8-12-22(19(3)33-28)23(21)15-30/h5-13,29,31H,2-3,14-16H2,1,4H3. The number of hydrogen-bond donors (Lipinski definition) is 2. The van der Waals surface area contributed by atoms with Crippen molar-refractivity contribution in [2.24, 2.45) is 0 Å². The van der Waals surface area contributed by atoms with Crippen molar-refractivity contribution >= 4 is 40.1 Å². The molecule has 0 saturated carbocycles. The van der Waals surface area contributed by atoms with Crippen molar-refractivity contribution in [3.8, 4) is 11.5 Å². The lowest BCUT2D eigenvalue weighted by atomic mass is 10.0. The summed E-state index contributed by atoms with van der Waals surface area (Å²) in [6.07, 6.45) is 0. The normalized spacial score (nSPS) is 12.3. The van der Waals surface area contributed by atoms with Gasteiger partial charge in [-0.3, -0.25) is 0 Å². The van der Waals surface area contributed by atoms with Gasteiger partial charge in [0.1, 0.15) is 23.8 Å². The van der Waals surface area contributed by atoms with E-state index in [1.807, 2.05) is 72.4 Å². The quantitative estimate of drug-likeness (QED) is 0.186. The summed E-state index contributed by atoms with van der Waals surface area (Å²) < 4.78 is 11.7. The molecule has 3 aromatic carbocycles. The summed E-state index contributed by atoms with van der Waals surface area (Å²) in [7, 11) is 1.78. The SMILES string of the molecule is C=C(OI)c1cccc2c1CN(C(=C)c1c(C)cc(O)c(NC)c1OCc1ccccc1)C2. The second-order valence-corrected chi connectivity index (χ2v) is 8.50. The van der Waals surface area contributed by atoms with Crippen molar-refractivity contribution in [2.75, 3.05) is 12.4 Å². The number of aryl methyl sites for hydroxylation is 1. The number of halogens is 1. The largest absolute Gasteiger partial charge is 0.506 e. The second kappa shape index (κ2) is 9.79. The highest BCUT2D eigenvalue weighted by atomic mass is 127. The van der Waals surface area contributed by atoms with E-state index in [1.165, 1.54) is 11.1 Å². The van der Waals surface area contributed by atoms with E-state index in [4.69, 9.17) is 7.80 Å². The molecule has 0 amide bonds. The van der Waals surface area contributed by atoms with E-state index in [0.29, 0.717) is 30.3 Å². The lowest BCUT2D eigenvalue weighted by Crippen LogP contribution is -2.16. The van der Waals surface area contributed by atoms with Gasteiger partial charge in [0.25, 0.3) is 0 Å². The Kier molecular flexibility index (Phi) is 6.83. The van der Waals surface area contributed by atoms with Crippen LogP contribution in [0.1, 0.15) is 33.4 Å². The number of nitrogens with zero attached hydrogens (tertiary/aromatic N) is 1. The molecule has 4 rings (SSSR count). The Labute approximate surface area is 209 Å². The number of ether oxygens (including phenoxy) is 1. The maximum absolute atomic E-state index is 10.6. The smallest absolute Gasteiger partial charge is 0.192 e. The van der Waals surface area contributed by atoms with Gasteiger partial charge < -0.3 is 23.1 Å². The first kappa shape index (κ1) is 23.0. The molecule has 33 heavy (non-hydrogen) atoms. The van der Waals surface area contributed by atoms with Crippen LogP contribution in [-0.4, -0.2) is 17.1 Å².